The number of carbonyl (C=O) groups is 1. The Labute approximate surface area is 86.3 Å². The lowest BCUT2D eigenvalue weighted by molar-refractivity contribution is -0.109. The lowest BCUT2D eigenvalue weighted by Gasteiger charge is -2.10. The topological polar surface area (TPSA) is 57.1 Å². The first-order valence-corrected chi connectivity index (χ1v) is 4.21. The monoisotopic (exact) mass is 212 g/mol. The third kappa shape index (κ3) is 3.02. The van der Waals surface area contributed by atoms with Crippen LogP contribution < -0.4 is 10.4 Å². The summed E-state index contributed by atoms with van der Waals surface area (Å²) in [4.78, 5) is 9.87. The summed E-state index contributed by atoms with van der Waals surface area (Å²) in [5.74, 6) is 0. The molecular formula is C8H9ClN4O. The van der Waals surface area contributed by atoms with Gasteiger partial charge in [-0.3, -0.25) is 4.79 Å². The van der Waals surface area contributed by atoms with Crippen LogP contribution in [0.5, 0.6) is 0 Å². The van der Waals surface area contributed by atoms with Gasteiger partial charge in [0.05, 0.1) is 5.69 Å². The molecule has 1 aromatic rings. The van der Waals surface area contributed by atoms with E-state index >= 15 is 0 Å². The zero-order chi connectivity index (χ0) is 10.4. The summed E-state index contributed by atoms with van der Waals surface area (Å²) in [7, 11) is 1.70. The minimum atomic E-state index is 0.440. The Kier molecular flexibility index (Phi) is 3.87. The molecule has 0 spiro atoms. The number of anilines is 1. The summed E-state index contributed by atoms with van der Waals surface area (Å²) < 4.78 is 0. The average Bonchev–Trinajstić information content (AvgIpc) is 2.18. The molecule has 0 saturated carbocycles. The predicted octanol–water partition coefficient (Wildman–Crippen LogP) is 1.80. The Morgan fingerprint density at radius 3 is 3.00 bits per heavy atom. The van der Waals surface area contributed by atoms with Crippen molar-refractivity contribution in [1.82, 2.24) is 5.43 Å². The highest BCUT2D eigenvalue weighted by atomic mass is 35.5. The fourth-order valence-corrected chi connectivity index (χ4v) is 1.03. The number of hydrogen-bond donors (Lipinski definition) is 1. The highest BCUT2D eigenvalue weighted by Gasteiger charge is 1.98. The number of carbonyl (C=O) groups excluding carboxylic acids is 1. The van der Waals surface area contributed by atoms with E-state index in [2.05, 4.69) is 15.9 Å². The first kappa shape index (κ1) is 10.5. The van der Waals surface area contributed by atoms with Crippen molar-refractivity contribution in [2.24, 2.45) is 10.4 Å². The highest BCUT2D eigenvalue weighted by molar-refractivity contribution is 6.30. The Morgan fingerprint density at radius 2 is 2.36 bits per heavy atom. The zero-order valence-corrected chi connectivity index (χ0v) is 8.27. The molecule has 5 nitrogen and oxygen atoms in total. The standard InChI is InChI=1S/C8H9ClN4O/c1-13(12-11-10-6-14)8-4-2-3-7(9)5-8/h2-6H,1H3,(H,10,12,14). The summed E-state index contributed by atoms with van der Waals surface area (Å²) >= 11 is 5.78. The maximum Gasteiger partial charge on any atom is 0.228 e. The third-order valence-electron chi connectivity index (χ3n) is 1.47. The normalized spacial score (nSPS) is 10.1. The largest absolute Gasteiger partial charge is 0.277 e. The van der Waals surface area contributed by atoms with Crippen molar-refractivity contribution in [3.63, 3.8) is 0 Å². The molecule has 0 heterocycles. The zero-order valence-electron chi connectivity index (χ0n) is 7.51. The van der Waals surface area contributed by atoms with Gasteiger partial charge in [0.25, 0.3) is 0 Å². The van der Waals surface area contributed by atoms with Crippen molar-refractivity contribution in [2.75, 3.05) is 12.1 Å². The van der Waals surface area contributed by atoms with E-state index in [1.165, 1.54) is 5.01 Å². The van der Waals surface area contributed by atoms with Gasteiger partial charge in [0.2, 0.25) is 6.41 Å². The second-order valence-corrected chi connectivity index (χ2v) is 2.88. The highest BCUT2D eigenvalue weighted by Crippen LogP contribution is 2.18. The molecule has 14 heavy (non-hydrogen) atoms. The molecule has 0 fully saturated rings. The molecule has 0 saturated heterocycles. The molecule has 0 bridgehead atoms. The van der Waals surface area contributed by atoms with Crippen LogP contribution in [0, 0.1) is 0 Å². The third-order valence-corrected chi connectivity index (χ3v) is 1.71. The lowest BCUT2D eigenvalue weighted by Crippen LogP contribution is -2.09. The average molecular weight is 213 g/mol. The van der Waals surface area contributed by atoms with Crippen LogP contribution in [0.3, 0.4) is 0 Å². The smallest absolute Gasteiger partial charge is 0.228 e. The number of halogens is 1. The number of amides is 1. The van der Waals surface area contributed by atoms with Crippen molar-refractivity contribution in [1.29, 1.82) is 0 Å². The van der Waals surface area contributed by atoms with E-state index in [0.717, 1.165) is 5.69 Å². The van der Waals surface area contributed by atoms with Crippen LogP contribution in [0.4, 0.5) is 5.69 Å². The van der Waals surface area contributed by atoms with E-state index in [1.54, 1.807) is 25.2 Å². The van der Waals surface area contributed by atoms with E-state index in [9.17, 15) is 4.79 Å². The van der Waals surface area contributed by atoms with Crippen LogP contribution >= 0.6 is 11.6 Å². The maximum absolute atomic E-state index is 9.87. The minimum Gasteiger partial charge on any atom is -0.277 e. The summed E-state index contributed by atoms with van der Waals surface area (Å²) in [6.45, 7) is 0. The Bertz CT molecular complexity index is 342. The van der Waals surface area contributed by atoms with E-state index in [4.69, 9.17) is 11.6 Å². The van der Waals surface area contributed by atoms with Gasteiger partial charge in [0.15, 0.2) is 0 Å². The summed E-state index contributed by atoms with van der Waals surface area (Å²) in [6.07, 6.45) is 0.440. The molecule has 1 N–H and O–H groups in total. The van der Waals surface area contributed by atoms with E-state index in [0.29, 0.717) is 11.4 Å². The van der Waals surface area contributed by atoms with E-state index in [-0.39, 0.29) is 0 Å². The Hall–Kier alpha value is -1.62. The van der Waals surface area contributed by atoms with E-state index < -0.39 is 0 Å². The number of benzene rings is 1. The Morgan fingerprint density at radius 1 is 1.57 bits per heavy atom. The lowest BCUT2D eigenvalue weighted by atomic mass is 10.3. The van der Waals surface area contributed by atoms with Crippen molar-refractivity contribution in [3.05, 3.63) is 29.3 Å². The molecule has 1 rings (SSSR count). The van der Waals surface area contributed by atoms with Gasteiger partial charge in [-0.1, -0.05) is 17.7 Å². The number of nitrogens with one attached hydrogen (secondary N) is 1. The van der Waals surface area contributed by atoms with Crippen LogP contribution in [0.2, 0.25) is 5.02 Å². The predicted molar refractivity (Wildman–Crippen MR) is 53.9 cm³/mol. The number of hydrogen-bond acceptors (Lipinski definition) is 3. The molecule has 1 aromatic carbocycles. The van der Waals surface area contributed by atoms with Crippen LogP contribution in [-0.2, 0) is 4.79 Å². The summed E-state index contributed by atoms with van der Waals surface area (Å²) in [5, 5.41) is 9.18. The van der Waals surface area contributed by atoms with Gasteiger partial charge < -0.3 is 0 Å². The molecule has 0 aliphatic carbocycles. The van der Waals surface area contributed by atoms with Crippen LogP contribution in [0.1, 0.15) is 0 Å². The van der Waals surface area contributed by atoms with Gasteiger partial charge in [0.1, 0.15) is 0 Å². The number of rotatable bonds is 4. The molecule has 0 atom stereocenters. The molecule has 0 aromatic heterocycles. The van der Waals surface area contributed by atoms with Crippen molar-refractivity contribution >= 4 is 23.7 Å². The van der Waals surface area contributed by atoms with Crippen LogP contribution in [0.25, 0.3) is 0 Å². The van der Waals surface area contributed by atoms with Crippen LogP contribution in [-0.4, -0.2) is 13.5 Å². The molecule has 1 amide bonds. The van der Waals surface area contributed by atoms with Gasteiger partial charge in [-0.15, -0.1) is 0 Å². The molecule has 0 unspecified atom stereocenters. The van der Waals surface area contributed by atoms with Gasteiger partial charge in [-0.2, -0.15) is 0 Å². The van der Waals surface area contributed by atoms with Gasteiger partial charge in [-0.25, -0.2) is 10.4 Å². The first-order valence-electron chi connectivity index (χ1n) is 3.83. The van der Waals surface area contributed by atoms with Crippen molar-refractivity contribution in [3.8, 4) is 0 Å². The number of nitrogens with zero attached hydrogens (tertiary/aromatic N) is 3. The molecular weight excluding hydrogens is 204 g/mol. The molecule has 0 radical (unpaired) electrons. The molecule has 0 aliphatic rings. The van der Waals surface area contributed by atoms with Crippen LogP contribution in [0.15, 0.2) is 34.7 Å². The van der Waals surface area contributed by atoms with Gasteiger partial charge >= 0.3 is 0 Å². The minimum absolute atomic E-state index is 0.440. The molecule has 74 valence electrons. The van der Waals surface area contributed by atoms with E-state index in [1.807, 2.05) is 6.07 Å². The first-order chi connectivity index (χ1) is 6.74. The second kappa shape index (κ2) is 5.18. The SMILES string of the molecule is CN(/N=N\NC=O)c1cccc(Cl)c1. The van der Waals surface area contributed by atoms with Gasteiger partial charge in [0, 0.05) is 12.1 Å². The quantitative estimate of drug-likeness (QED) is 0.470. The maximum atomic E-state index is 9.87. The Balaban J connectivity index is 2.69. The molecule has 6 heteroatoms. The fourth-order valence-electron chi connectivity index (χ4n) is 0.846. The second-order valence-electron chi connectivity index (χ2n) is 2.44. The summed E-state index contributed by atoms with van der Waals surface area (Å²) in [5.41, 5.74) is 2.85. The van der Waals surface area contributed by atoms with Gasteiger partial charge in [-0.05, 0) is 28.6 Å². The summed E-state index contributed by atoms with van der Waals surface area (Å²) in [6, 6.07) is 7.13. The fraction of sp³-hybridized carbons (Fsp3) is 0.125. The van der Waals surface area contributed by atoms with Crippen molar-refractivity contribution in [2.45, 2.75) is 0 Å². The van der Waals surface area contributed by atoms with Crippen molar-refractivity contribution < 1.29 is 4.79 Å². The molecule has 0 aliphatic heterocycles.